The summed E-state index contributed by atoms with van der Waals surface area (Å²) in [6.07, 6.45) is 1.64. The molecule has 33 heavy (non-hydrogen) atoms. The van der Waals surface area contributed by atoms with Crippen LogP contribution in [0.5, 0.6) is 11.5 Å². The van der Waals surface area contributed by atoms with E-state index in [-0.39, 0.29) is 47.8 Å². The molecule has 1 saturated heterocycles. The van der Waals surface area contributed by atoms with E-state index in [1.54, 1.807) is 30.5 Å². The van der Waals surface area contributed by atoms with Gasteiger partial charge < -0.3 is 19.7 Å². The number of ether oxygens (including phenoxy) is 2. The highest BCUT2D eigenvalue weighted by atomic mass is 19.1. The summed E-state index contributed by atoms with van der Waals surface area (Å²) in [5.74, 6) is -1.76. The van der Waals surface area contributed by atoms with Crippen molar-refractivity contribution in [2.75, 3.05) is 31.6 Å². The zero-order valence-corrected chi connectivity index (χ0v) is 17.4. The zero-order valence-electron chi connectivity index (χ0n) is 17.4. The van der Waals surface area contributed by atoms with E-state index in [0.717, 1.165) is 6.07 Å². The van der Waals surface area contributed by atoms with Gasteiger partial charge in [-0.2, -0.15) is 0 Å². The number of nitrogens with zero attached hydrogens (tertiary/aromatic N) is 2. The Morgan fingerprint density at radius 1 is 1.15 bits per heavy atom. The van der Waals surface area contributed by atoms with E-state index < -0.39 is 17.5 Å². The van der Waals surface area contributed by atoms with Gasteiger partial charge in [-0.05, 0) is 36.4 Å². The molecule has 0 saturated carbocycles. The summed E-state index contributed by atoms with van der Waals surface area (Å²) in [6.45, 7) is 0.734. The van der Waals surface area contributed by atoms with E-state index in [2.05, 4.69) is 10.3 Å². The lowest BCUT2D eigenvalue weighted by molar-refractivity contribution is -0.118. The van der Waals surface area contributed by atoms with Crippen LogP contribution < -0.4 is 14.8 Å². The van der Waals surface area contributed by atoms with E-state index in [4.69, 9.17) is 9.47 Å². The van der Waals surface area contributed by atoms with E-state index in [9.17, 15) is 18.4 Å². The summed E-state index contributed by atoms with van der Waals surface area (Å²) in [5.41, 5.74) is 1.43. The molecule has 9 heteroatoms. The number of nitrogens with one attached hydrogen (secondary N) is 1. The number of amides is 2. The Morgan fingerprint density at radius 2 is 2.00 bits per heavy atom. The zero-order chi connectivity index (χ0) is 22.9. The summed E-state index contributed by atoms with van der Waals surface area (Å²) in [7, 11) is 0. The molecule has 168 valence electrons. The number of rotatable bonds is 5. The lowest BCUT2D eigenvalue weighted by Crippen LogP contribution is -2.52. The fraction of sp³-hybridized carbons (Fsp3) is 0.208. The van der Waals surface area contributed by atoms with Crippen LogP contribution in [0.3, 0.4) is 0 Å². The SMILES string of the molecule is O=C1COc2cc(F)c(C(=O)N3CC(COc4ccc(-c5ccccn5)cc4F)C3)cc2N1. The lowest BCUT2D eigenvalue weighted by atomic mass is 9.99. The topological polar surface area (TPSA) is 80.8 Å². The largest absolute Gasteiger partial charge is 0.490 e. The van der Waals surface area contributed by atoms with Gasteiger partial charge in [-0.15, -0.1) is 0 Å². The minimum atomic E-state index is -0.718. The standard InChI is InChI=1S/C24H19F2N3O4/c25-17-9-22-20(28-23(30)13-33-22)8-16(17)24(31)29-10-14(11-29)12-32-21-5-4-15(7-18(21)26)19-3-1-2-6-27-19/h1-9,14H,10-13H2,(H,28,30). The van der Waals surface area contributed by atoms with Crippen LogP contribution in [0.25, 0.3) is 11.3 Å². The number of hydrogen-bond donors (Lipinski definition) is 1. The van der Waals surface area contributed by atoms with Crippen LogP contribution >= 0.6 is 0 Å². The average molecular weight is 451 g/mol. The van der Waals surface area contributed by atoms with Crippen molar-refractivity contribution < 1.29 is 27.8 Å². The van der Waals surface area contributed by atoms with Gasteiger partial charge in [0.1, 0.15) is 11.6 Å². The first-order chi connectivity index (χ1) is 16.0. The highest BCUT2D eigenvalue weighted by Crippen LogP contribution is 2.32. The maximum atomic E-state index is 14.4. The van der Waals surface area contributed by atoms with Gasteiger partial charge in [0.25, 0.3) is 11.8 Å². The van der Waals surface area contributed by atoms with Crippen LogP contribution in [0.1, 0.15) is 10.4 Å². The van der Waals surface area contributed by atoms with E-state index >= 15 is 0 Å². The van der Waals surface area contributed by atoms with Crippen LogP contribution in [0.2, 0.25) is 0 Å². The van der Waals surface area contributed by atoms with Crippen LogP contribution in [-0.2, 0) is 4.79 Å². The molecular formula is C24H19F2N3O4. The second-order valence-corrected chi connectivity index (χ2v) is 7.91. The summed E-state index contributed by atoms with van der Waals surface area (Å²) in [4.78, 5) is 29.8. The van der Waals surface area contributed by atoms with E-state index in [1.165, 1.54) is 17.0 Å². The van der Waals surface area contributed by atoms with Crippen molar-refractivity contribution in [3.05, 3.63) is 71.9 Å². The third kappa shape index (κ3) is 4.21. The molecule has 0 unspecified atom stereocenters. The minimum Gasteiger partial charge on any atom is -0.490 e. The summed E-state index contributed by atoms with van der Waals surface area (Å²) >= 11 is 0. The lowest BCUT2D eigenvalue weighted by Gasteiger charge is -2.39. The molecule has 1 fully saturated rings. The third-order valence-corrected chi connectivity index (χ3v) is 5.54. The van der Waals surface area contributed by atoms with Gasteiger partial charge in [0, 0.05) is 36.8 Å². The summed E-state index contributed by atoms with van der Waals surface area (Å²) in [6, 6.07) is 12.5. The molecule has 0 radical (unpaired) electrons. The van der Waals surface area contributed by atoms with Gasteiger partial charge in [-0.3, -0.25) is 14.6 Å². The van der Waals surface area contributed by atoms with Gasteiger partial charge in [-0.1, -0.05) is 6.07 Å². The highest BCUT2D eigenvalue weighted by Gasteiger charge is 2.34. The predicted octanol–water partition coefficient (Wildman–Crippen LogP) is 3.51. The molecule has 2 aromatic carbocycles. The first-order valence-electron chi connectivity index (χ1n) is 10.4. The molecular weight excluding hydrogens is 432 g/mol. The molecule has 5 rings (SSSR count). The molecule has 0 spiro atoms. The Kier molecular flexibility index (Phi) is 5.37. The fourth-order valence-electron chi connectivity index (χ4n) is 3.80. The van der Waals surface area contributed by atoms with Gasteiger partial charge in [-0.25, -0.2) is 8.78 Å². The molecule has 2 amide bonds. The normalized spacial score (nSPS) is 15.2. The molecule has 3 aromatic rings. The molecule has 3 heterocycles. The number of likely N-dealkylation sites (tertiary alicyclic amines) is 1. The van der Waals surface area contributed by atoms with Crippen molar-refractivity contribution in [3.8, 4) is 22.8 Å². The van der Waals surface area contributed by atoms with Crippen molar-refractivity contribution in [1.82, 2.24) is 9.88 Å². The minimum absolute atomic E-state index is 0.00691. The maximum absolute atomic E-state index is 14.4. The van der Waals surface area contributed by atoms with Gasteiger partial charge in [0.2, 0.25) is 0 Å². The average Bonchev–Trinajstić information content (AvgIpc) is 2.79. The number of aromatic nitrogens is 1. The Morgan fingerprint density at radius 3 is 2.76 bits per heavy atom. The first-order valence-corrected chi connectivity index (χ1v) is 10.4. The maximum Gasteiger partial charge on any atom is 0.262 e. The monoisotopic (exact) mass is 451 g/mol. The third-order valence-electron chi connectivity index (χ3n) is 5.54. The second kappa shape index (κ2) is 8.50. The predicted molar refractivity (Wildman–Crippen MR) is 115 cm³/mol. The molecule has 0 bridgehead atoms. The van der Waals surface area contributed by atoms with Crippen molar-refractivity contribution in [1.29, 1.82) is 0 Å². The smallest absolute Gasteiger partial charge is 0.262 e. The van der Waals surface area contributed by atoms with Crippen molar-refractivity contribution in [2.45, 2.75) is 0 Å². The quantitative estimate of drug-likeness (QED) is 0.642. The number of fused-ring (bicyclic) bond motifs is 1. The molecule has 2 aliphatic heterocycles. The Balaban J connectivity index is 1.18. The van der Waals surface area contributed by atoms with E-state index in [1.807, 2.05) is 6.07 Å². The van der Waals surface area contributed by atoms with Gasteiger partial charge in [0.15, 0.2) is 18.2 Å². The second-order valence-electron chi connectivity index (χ2n) is 7.91. The van der Waals surface area contributed by atoms with E-state index in [0.29, 0.717) is 24.3 Å². The van der Waals surface area contributed by atoms with Crippen LogP contribution in [0.4, 0.5) is 14.5 Å². The van der Waals surface area contributed by atoms with Crippen LogP contribution in [0.15, 0.2) is 54.7 Å². The van der Waals surface area contributed by atoms with Gasteiger partial charge in [0.05, 0.1) is 23.6 Å². The number of pyridine rings is 1. The summed E-state index contributed by atoms with van der Waals surface area (Å²) < 4.78 is 39.6. The number of benzene rings is 2. The molecule has 0 aliphatic carbocycles. The molecule has 1 aromatic heterocycles. The molecule has 2 aliphatic rings. The number of anilines is 1. The molecule has 0 atom stereocenters. The molecule has 1 N–H and O–H groups in total. The Bertz CT molecular complexity index is 1230. The number of carbonyl (C=O) groups is 2. The summed E-state index contributed by atoms with van der Waals surface area (Å²) in [5, 5.41) is 2.56. The first kappa shape index (κ1) is 20.9. The highest BCUT2D eigenvalue weighted by molar-refractivity contribution is 6.00. The van der Waals surface area contributed by atoms with Crippen molar-refractivity contribution >= 4 is 17.5 Å². The Hall–Kier alpha value is -4.01. The number of carbonyl (C=O) groups excluding carboxylic acids is 2. The Labute approximate surface area is 187 Å². The fourth-order valence-corrected chi connectivity index (χ4v) is 3.80. The van der Waals surface area contributed by atoms with Crippen LogP contribution in [-0.4, -0.2) is 48.0 Å². The number of halogens is 2. The number of hydrogen-bond acceptors (Lipinski definition) is 5. The van der Waals surface area contributed by atoms with Gasteiger partial charge >= 0.3 is 0 Å². The van der Waals surface area contributed by atoms with Crippen LogP contribution in [0, 0.1) is 17.6 Å². The van der Waals surface area contributed by atoms with Crippen molar-refractivity contribution in [3.63, 3.8) is 0 Å². The molecule has 7 nitrogen and oxygen atoms in total. The van der Waals surface area contributed by atoms with Crippen molar-refractivity contribution in [2.24, 2.45) is 5.92 Å².